The molecule has 0 atom stereocenters. The highest BCUT2D eigenvalue weighted by molar-refractivity contribution is 5.81. The lowest BCUT2D eigenvalue weighted by molar-refractivity contribution is 0.415. The van der Waals surface area contributed by atoms with E-state index in [1.165, 1.54) is 16.7 Å². The monoisotopic (exact) mass is 444 g/mol. The second-order valence-electron chi connectivity index (χ2n) is 8.04. The van der Waals surface area contributed by atoms with Crippen LogP contribution in [0.2, 0.25) is 0 Å². The Hall–Kier alpha value is -3.76. The molecule has 33 heavy (non-hydrogen) atoms. The van der Waals surface area contributed by atoms with Gasteiger partial charge < -0.3 is 10.1 Å². The number of ether oxygens (including phenoxy) is 1. The number of nitrogens with zero attached hydrogens (tertiary/aromatic N) is 3. The summed E-state index contributed by atoms with van der Waals surface area (Å²) in [5.41, 5.74) is 1.53. The first-order chi connectivity index (χ1) is 16.0. The lowest BCUT2D eigenvalue weighted by Crippen LogP contribution is -2.27. The summed E-state index contributed by atoms with van der Waals surface area (Å²) in [6.07, 6.45) is 6.03. The fourth-order valence-electron chi connectivity index (χ4n) is 4.01. The Kier molecular flexibility index (Phi) is 6.66. The van der Waals surface area contributed by atoms with E-state index in [1.807, 2.05) is 12.1 Å². The maximum absolute atomic E-state index is 14.5. The zero-order valence-corrected chi connectivity index (χ0v) is 18.6. The minimum Gasteiger partial charge on any atom is -0.497 e. The number of hydrogen-bond acceptors (Lipinski definition) is 5. The van der Waals surface area contributed by atoms with E-state index >= 15 is 0 Å². The first-order valence-corrected chi connectivity index (χ1v) is 10.9. The SMILES string of the molecule is COc1ccc(-c2c(-c3ccc(C#N)c(F)c3)nc(/C=C/C3CCNCC3)n(C)c2=O)cc1. The van der Waals surface area contributed by atoms with Gasteiger partial charge in [0.05, 0.1) is 23.9 Å². The molecule has 0 aliphatic carbocycles. The summed E-state index contributed by atoms with van der Waals surface area (Å²) in [6.45, 7) is 1.93. The lowest BCUT2D eigenvalue weighted by Gasteiger charge is -2.19. The van der Waals surface area contributed by atoms with Gasteiger partial charge >= 0.3 is 0 Å². The van der Waals surface area contributed by atoms with Crippen LogP contribution in [0.25, 0.3) is 28.5 Å². The number of piperidine rings is 1. The summed E-state index contributed by atoms with van der Waals surface area (Å²) in [5.74, 6) is 0.928. The maximum atomic E-state index is 14.5. The van der Waals surface area contributed by atoms with Crippen LogP contribution in [0.15, 0.2) is 53.3 Å². The number of aromatic nitrogens is 2. The highest BCUT2D eigenvalue weighted by atomic mass is 19.1. The second-order valence-corrected chi connectivity index (χ2v) is 8.04. The molecule has 1 N–H and O–H groups in total. The molecule has 0 unspecified atom stereocenters. The maximum Gasteiger partial charge on any atom is 0.262 e. The van der Waals surface area contributed by atoms with Crippen LogP contribution in [0, 0.1) is 23.1 Å². The third-order valence-corrected chi connectivity index (χ3v) is 5.97. The first kappa shape index (κ1) is 22.4. The van der Waals surface area contributed by atoms with Crippen molar-refractivity contribution in [2.75, 3.05) is 20.2 Å². The molecule has 0 bridgehead atoms. The molecule has 0 spiro atoms. The molecule has 1 saturated heterocycles. The summed E-state index contributed by atoms with van der Waals surface area (Å²) < 4.78 is 21.2. The molecule has 1 aliphatic heterocycles. The molecule has 1 aliphatic rings. The normalized spacial score (nSPS) is 14.4. The van der Waals surface area contributed by atoms with E-state index in [0.29, 0.717) is 39.9 Å². The molecule has 4 rings (SSSR count). The number of rotatable bonds is 5. The van der Waals surface area contributed by atoms with Crippen molar-refractivity contribution in [2.24, 2.45) is 13.0 Å². The van der Waals surface area contributed by atoms with E-state index < -0.39 is 5.82 Å². The summed E-state index contributed by atoms with van der Waals surface area (Å²) in [7, 11) is 3.26. The van der Waals surface area contributed by atoms with Gasteiger partial charge in [0.2, 0.25) is 0 Å². The van der Waals surface area contributed by atoms with Crippen LogP contribution in [0.4, 0.5) is 4.39 Å². The van der Waals surface area contributed by atoms with Crippen molar-refractivity contribution in [1.82, 2.24) is 14.9 Å². The van der Waals surface area contributed by atoms with Gasteiger partial charge in [0.15, 0.2) is 0 Å². The molecule has 7 heteroatoms. The van der Waals surface area contributed by atoms with E-state index in [2.05, 4.69) is 11.4 Å². The Morgan fingerprint density at radius 3 is 2.52 bits per heavy atom. The Morgan fingerprint density at radius 2 is 1.88 bits per heavy atom. The molecule has 6 nitrogen and oxygen atoms in total. The van der Waals surface area contributed by atoms with Crippen molar-refractivity contribution in [1.29, 1.82) is 5.26 Å². The van der Waals surface area contributed by atoms with Gasteiger partial charge in [-0.05, 0) is 67.8 Å². The van der Waals surface area contributed by atoms with Crippen LogP contribution < -0.4 is 15.6 Å². The van der Waals surface area contributed by atoms with E-state index in [9.17, 15) is 9.18 Å². The van der Waals surface area contributed by atoms with Gasteiger partial charge in [-0.25, -0.2) is 9.37 Å². The minimum atomic E-state index is -0.648. The summed E-state index contributed by atoms with van der Waals surface area (Å²) >= 11 is 0. The number of hydrogen-bond donors (Lipinski definition) is 1. The van der Waals surface area contributed by atoms with Gasteiger partial charge in [0.1, 0.15) is 23.5 Å². The predicted molar refractivity (Wildman–Crippen MR) is 126 cm³/mol. The van der Waals surface area contributed by atoms with Gasteiger partial charge in [-0.3, -0.25) is 9.36 Å². The van der Waals surface area contributed by atoms with Crippen LogP contribution >= 0.6 is 0 Å². The van der Waals surface area contributed by atoms with E-state index in [-0.39, 0.29) is 11.1 Å². The quantitative estimate of drug-likeness (QED) is 0.640. The number of nitriles is 1. The molecule has 168 valence electrons. The molecule has 1 fully saturated rings. The van der Waals surface area contributed by atoms with Crippen LogP contribution in [0.5, 0.6) is 5.75 Å². The zero-order chi connectivity index (χ0) is 23.4. The van der Waals surface area contributed by atoms with Gasteiger partial charge in [-0.2, -0.15) is 5.26 Å². The van der Waals surface area contributed by atoms with Gasteiger partial charge in [-0.1, -0.05) is 24.3 Å². The molecule has 0 radical (unpaired) electrons. The molecule has 0 amide bonds. The fourth-order valence-corrected chi connectivity index (χ4v) is 4.01. The number of allylic oxidation sites excluding steroid dienone is 1. The molecule has 3 aromatic rings. The average molecular weight is 445 g/mol. The number of nitrogens with one attached hydrogen (secondary N) is 1. The molecule has 0 saturated carbocycles. The summed E-state index contributed by atoms with van der Waals surface area (Å²) in [6, 6.07) is 13.2. The summed E-state index contributed by atoms with van der Waals surface area (Å²) in [4.78, 5) is 18.3. The first-order valence-electron chi connectivity index (χ1n) is 10.9. The van der Waals surface area contributed by atoms with E-state index in [0.717, 1.165) is 25.9 Å². The van der Waals surface area contributed by atoms with Crippen LogP contribution in [0.1, 0.15) is 24.2 Å². The van der Waals surface area contributed by atoms with Crippen molar-refractivity contribution in [3.8, 4) is 34.2 Å². The number of halogens is 1. The predicted octanol–water partition coefficient (Wildman–Crippen LogP) is 4.15. The Balaban J connectivity index is 1.88. The van der Waals surface area contributed by atoms with Crippen molar-refractivity contribution in [3.63, 3.8) is 0 Å². The molecular weight excluding hydrogens is 419 g/mol. The topological polar surface area (TPSA) is 79.9 Å². The lowest BCUT2D eigenvalue weighted by atomic mass is 9.97. The van der Waals surface area contributed by atoms with Crippen molar-refractivity contribution >= 4 is 6.08 Å². The van der Waals surface area contributed by atoms with Gasteiger partial charge in [0, 0.05) is 12.6 Å². The largest absolute Gasteiger partial charge is 0.497 e. The van der Waals surface area contributed by atoms with Crippen LogP contribution in [0.3, 0.4) is 0 Å². The molecule has 2 heterocycles. The molecule has 1 aromatic heterocycles. The van der Waals surface area contributed by atoms with Crippen molar-refractivity contribution < 1.29 is 9.13 Å². The third-order valence-electron chi connectivity index (χ3n) is 5.97. The van der Waals surface area contributed by atoms with Gasteiger partial charge in [-0.15, -0.1) is 0 Å². The van der Waals surface area contributed by atoms with Crippen LogP contribution in [-0.2, 0) is 7.05 Å². The standard InChI is InChI=1S/C26H25FN4O2/c1-31-23(10-3-17-11-13-29-14-12-17)30-25(19-4-5-20(16-28)22(27)15-19)24(26(31)32)18-6-8-21(33-2)9-7-18/h3-10,15,17,29H,11-14H2,1-2H3/b10-3+. The highest BCUT2D eigenvalue weighted by Crippen LogP contribution is 2.30. The van der Waals surface area contributed by atoms with Crippen LogP contribution in [-0.4, -0.2) is 29.8 Å². The smallest absolute Gasteiger partial charge is 0.262 e. The summed E-state index contributed by atoms with van der Waals surface area (Å²) in [5, 5.41) is 12.4. The van der Waals surface area contributed by atoms with E-state index in [1.54, 1.807) is 44.5 Å². The Morgan fingerprint density at radius 1 is 1.18 bits per heavy atom. The third kappa shape index (κ3) is 4.71. The zero-order valence-electron chi connectivity index (χ0n) is 18.6. The Bertz CT molecular complexity index is 1280. The number of methoxy groups -OCH3 is 1. The van der Waals surface area contributed by atoms with Crippen molar-refractivity contribution in [3.05, 3.63) is 76.1 Å². The average Bonchev–Trinajstić information content (AvgIpc) is 2.85. The number of benzene rings is 2. The minimum absolute atomic E-state index is 0.0559. The van der Waals surface area contributed by atoms with Crippen molar-refractivity contribution in [2.45, 2.75) is 12.8 Å². The van der Waals surface area contributed by atoms with Gasteiger partial charge in [0.25, 0.3) is 5.56 Å². The molecule has 2 aromatic carbocycles. The Labute approximate surface area is 192 Å². The molecular formula is C26H25FN4O2. The fraction of sp³-hybridized carbons (Fsp3) is 0.269. The second kappa shape index (κ2) is 9.80. The highest BCUT2D eigenvalue weighted by Gasteiger charge is 2.19. The van der Waals surface area contributed by atoms with E-state index in [4.69, 9.17) is 15.0 Å².